The highest BCUT2D eigenvalue weighted by atomic mass is 19.2. The molecular weight excluding hydrogens is 275 g/mol. The molecule has 1 aromatic heterocycles. The topological polar surface area (TPSA) is 92.9 Å². The van der Waals surface area contributed by atoms with Crippen molar-refractivity contribution >= 4 is 17.4 Å². The van der Waals surface area contributed by atoms with Crippen molar-refractivity contribution in [3.8, 4) is 0 Å². The molecule has 2 rings (SSSR count). The van der Waals surface area contributed by atoms with Gasteiger partial charge in [-0.25, -0.2) is 29.0 Å². The monoisotopic (exact) mass is 283 g/mol. The van der Waals surface area contributed by atoms with Gasteiger partial charge in [0.2, 0.25) is 0 Å². The number of nitrogen functional groups attached to an aromatic ring is 1. The Bertz CT molecular complexity index is 647. The lowest BCUT2D eigenvalue weighted by Crippen LogP contribution is -2.16. The molecule has 0 saturated heterocycles. The first-order chi connectivity index (χ1) is 9.52. The van der Waals surface area contributed by atoms with E-state index in [0.29, 0.717) is 6.07 Å². The number of hydrazine groups is 1. The molecular formula is C11H8F3N5O. The van der Waals surface area contributed by atoms with E-state index in [-0.39, 0.29) is 11.5 Å². The number of aromatic nitrogens is 2. The van der Waals surface area contributed by atoms with Crippen LogP contribution in [0.25, 0.3) is 0 Å². The molecule has 0 fully saturated rings. The summed E-state index contributed by atoms with van der Waals surface area (Å²) in [5, 5.41) is 2.06. The fraction of sp³-hybridized carbons (Fsp3) is 0. The van der Waals surface area contributed by atoms with Gasteiger partial charge in [0.25, 0.3) is 5.91 Å². The van der Waals surface area contributed by atoms with E-state index in [1.54, 1.807) is 0 Å². The van der Waals surface area contributed by atoms with Crippen LogP contribution < -0.4 is 16.6 Å². The van der Waals surface area contributed by atoms with E-state index in [9.17, 15) is 18.0 Å². The van der Waals surface area contributed by atoms with Crippen LogP contribution >= 0.6 is 0 Å². The zero-order valence-corrected chi connectivity index (χ0v) is 9.82. The molecule has 0 aliphatic rings. The van der Waals surface area contributed by atoms with Gasteiger partial charge in [0.15, 0.2) is 23.3 Å². The van der Waals surface area contributed by atoms with E-state index >= 15 is 0 Å². The molecule has 20 heavy (non-hydrogen) atoms. The highest BCUT2D eigenvalue weighted by Gasteiger charge is 2.16. The Morgan fingerprint density at radius 2 is 1.85 bits per heavy atom. The molecule has 0 aliphatic heterocycles. The lowest BCUT2D eigenvalue weighted by molar-refractivity contribution is 0.102. The normalized spacial score (nSPS) is 10.2. The van der Waals surface area contributed by atoms with Gasteiger partial charge in [-0.2, -0.15) is 0 Å². The van der Waals surface area contributed by atoms with Crippen LogP contribution in [0.3, 0.4) is 0 Å². The minimum atomic E-state index is -1.67. The van der Waals surface area contributed by atoms with Gasteiger partial charge in [-0.15, -0.1) is 0 Å². The largest absolute Gasteiger partial charge is 0.318 e. The minimum absolute atomic E-state index is 0.145. The highest BCUT2D eigenvalue weighted by Crippen LogP contribution is 2.20. The van der Waals surface area contributed by atoms with Crippen LogP contribution in [-0.2, 0) is 0 Å². The van der Waals surface area contributed by atoms with Gasteiger partial charge < -0.3 is 10.7 Å². The molecule has 0 saturated carbocycles. The first-order valence-corrected chi connectivity index (χ1v) is 5.26. The Morgan fingerprint density at radius 3 is 2.45 bits per heavy atom. The summed E-state index contributed by atoms with van der Waals surface area (Å²) in [7, 11) is 0. The van der Waals surface area contributed by atoms with E-state index in [1.807, 2.05) is 0 Å². The summed E-state index contributed by atoms with van der Waals surface area (Å²) in [6, 6.07) is 1.59. The van der Waals surface area contributed by atoms with Gasteiger partial charge in [-0.05, 0) is 12.1 Å². The molecule has 1 heterocycles. The summed E-state index contributed by atoms with van der Waals surface area (Å²) < 4.78 is 39.1. The molecule has 0 radical (unpaired) electrons. The number of nitrogens with one attached hydrogen (secondary N) is 2. The van der Waals surface area contributed by atoms with Crippen LogP contribution in [0, 0.1) is 17.5 Å². The first kappa shape index (κ1) is 13.7. The molecule has 1 amide bonds. The molecule has 1 aromatic carbocycles. The van der Waals surface area contributed by atoms with Crippen molar-refractivity contribution in [2.75, 3.05) is 10.7 Å². The first-order valence-electron chi connectivity index (χ1n) is 5.26. The quantitative estimate of drug-likeness (QED) is 0.450. The van der Waals surface area contributed by atoms with Crippen LogP contribution in [0.4, 0.5) is 24.7 Å². The maximum atomic E-state index is 13.4. The second-order valence-electron chi connectivity index (χ2n) is 3.61. The SMILES string of the molecule is NNc1cnc(C(=O)Nc2ccc(F)c(F)c2F)cn1. The van der Waals surface area contributed by atoms with Crippen LogP contribution in [0.2, 0.25) is 0 Å². The smallest absolute Gasteiger partial charge is 0.275 e. The number of carbonyl (C=O) groups is 1. The standard InChI is InChI=1S/C11H8F3N5O/c12-5-1-2-6(10(14)9(5)13)18-11(20)7-3-17-8(19-15)4-16-7/h1-4H,15H2,(H,17,19)(H,18,20). The summed E-state index contributed by atoms with van der Waals surface area (Å²) in [6.07, 6.45) is 2.26. The maximum absolute atomic E-state index is 13.4. The third-order valence-corrected chi connectivity index (χ3v) is 2.32. The van der Waals surface area contributed by atoms with Crippen LogP contribution in [0.5, 0.6) is 0 Å². The van der Waals surface area contributed by atoms with E-state index in [1.165, 1.54) is 6.20 Å². The third kappa shape index (κ3) is 2.67. The number of hydrogen-bond acceptors (Lipinski definition) is 5. The Labute approximate surface area is 110 Å². The molecule has 6 nitrogen and oxygen atoms in total. The molecule has 9 heteroatoms. The van der Waals surface area contributed by atoms with Crippen molar-refractivity contribution < 1.29 is 18.0 Å². The van der Waals surface area contributed by atoms with Crippen molar-refractivity contribution in [2.24, 2.45) is 5.84 Å². The average Bonchev–Trinajstić information content (AvgIpc) is 2.48. The fourth-order valence-corrected chi connectivity index (χ4v) is 1.33. The molecule has 0 unspecified atom stereocenters. The van der Waals surface area contributed by atoms with Gasteiger partial charge in [0.1, 0.15) is 5.69 Å². The van der Waals surface area contributed by atoms with Crippen molar-refractivity contribution in [3.63, 3.8) is 0 Å². The Hall–Kier alpha value is -2.68. The van der Waals surface area contributed by atoms with Gasteiger partial charge in [0, 0.05) is 0 Å². The second kappa shape index (κ2) is 5.53. The van der Waals surface area contributed by atoms with Gasteiger partial charge in [0.05, 0.1) is 18.1 Å². The number of benzene rings is 1. The number of nitrogens with two attached hydrogens (primary N) is 1. The van der Waals surface area contributed by atoms with E-state index in [4.69, 9.17) is 5.84 Å². The summed E-state index contributed by atoms with van der Waals surface area (Å²) in [5.41, 5.74) is 1.56. The number of carbonyl (C=O) groups excluding carboxylic acids is 1. The predicted molar refractivity (Wildman–Crippen MR) is 64.1 cm³/mol. The third-order valence-electron chi connectivity index (χ3n) is 2.32. The zero-order chi connectivity index (χ0) is 14.7. The van der Waals surface area contributed by atoms with E-state index in [2.05, 4.69) is 20.7 Å². The van der Waals surface area contributed by atoms with Crippen molar-refractivity contribution in [1.29, 1.82) is 0 Å². The van der Waals surface area contributed by atoms with Crippen molar-refractivity contribution in [1.82, 2.24) is 9.97 Å². The van der Waals surface area contributed by atoms with E-state index in [0.717, 1.165) is 12.3 Å². The summed E-state index contributed by atoms with van der Waals surface area (Å²) >= 11 is 0. The lowest BCUT2D eigenvalue weighted by Gasteiger charge is -2.07. The van der Waals surface area contributed by atoms with Crippen LogP contribution in [-0.4, -0.2) is 15.9 Å². The lowest BCUT2D eigenvalue weighted by atomic mass is 10.2. The second-order valence-corrected chi connectivity index (χ2v) is 3.61. The Morgan fingerprint density at radius 1 is 1.10 bits per heavy atom. The minimum Gasteiger partial charge on any atom is -0.318 e. The van der Waals surface area contributed by atoms with Crippen LogP contribution in [0.15, 0.2) is 24.5 Å². The summed E-state index contributed by atoms with van der Waals surface area (Å²) in [4.78, 5) is 19.1. The number of nitrogens with zero attached hydrogens (tertiary/aromatic N) is 2. The zero-order valence-electron chi connectivity index (χ0n) is 9.82. The Balaban J connectivity index is 2.21. The predicted octanol–water partition coefficient (Wildman–Crippen LogP) is 1.43. The summed E-state index contributed by atoms with van der Waals surface area (Å²) in [5.74, 6) is -0.0469. The van der Waals surface area contributed by atoms with E-state index < -0.39 is 29.0 Å². The molecule has 0 spiro atoms. The van der Waals surface area contributed by atoms with Crippen molar-refractivity contribution in [3.05, 3.63) is 47.7 Å². The molecule has 4 N–H and O–H groups in total. The number of anilines is 2. The van der Waals surface area contributed by atoms with Gasteiger partial charge in [-0.1, -0.05) is 0 Å². The van der Waals surface area contributed by atoms with Crippen LogP contribution in [0.1, 0.15) is 10.5 Å². The molecule has 0 bridgehead atoms. The number of amides is 1. The maximum Gasteiger partial charge on any atom is 0.275 e. The van der Waals surface area contributed by atoms with Gasteiger partial charge in [-0.3, -0.25) is 4.79 Å². The van der Waals surface area contributed by atoms with Gasteiger partial charge >= 0.3 is 0 Å². The fourth-order valence-electron chi connectivity index (χ4n) is 1.33. The number of hydrogen-bond donors (Lipinski definition) is 3. The number of rotatable bonds is 3. The summed E-state index contributed by atoms with van der Waals surface area (Å²) in [6.45, 7) is 0. The molecule has 0 aliphatic carbocycles. The Kier molecular flexibility index (Phi) is 3.80. The molecule has 2 aromatic rings. The average molecular weight is 283 g/mol. The highest BCUT2D eigenvalue weighted by molar-refractivity contribution is 6.02. The number of halogens is 3. The molecule has 104 valence electrons. The molecule has 0 atom stereocenters. The van der Waals surface area contributed by atoms with Crippen molar-refractivity contribution in [2.45, 2.75) is 0 Å².